The minimum Gasteiger partial charge on any atom is -0.481 e. The predicted octanol–water partition coefficient (Wildman–Crippen LogP) is -3.20. The number of rotatable bonds is 10. The Morgan fingerprint density at radius 2 is 1.80 bits per heavy atom. The van der Waals surface area contributed by atoms with E-state index in [0.29, 0.717) is 5.69 Å². The third-order valence-corrected chi connectivity index (χ3v) is 3.14. The topological polar surface area (TPSA) is 208 Å². The molecule has 1 heterocycles. The normalized spacial score (nSPS) is 14.2. The predicted molar refractivity (Wildman–Crippen MR) is 81.1 cm³/mol. The molecule has 12 nitrogen and oxygen atoms in total. The van der Waals surface area contributed by atoms with Crippen molar-refractivity contribution in [1.82, 2.24) is 20.6 Å². The highest BCUT2D eigenvalue weighted by Crippen LogP contribution is 2.01. The number of aromatic amines is 1. The Bertz CT molecular complexity index is 618. The van der Waals surface area contributed by atoms with Crippen LogP contribution in [0.2, 0.25) is 0 Å². The number of carbonyl (C=O) groups excluding carboxylic acids is 2. The molecular formula is C13H19N5O7. The van der Waals surface area contributed by atoms with Gasteiger partial charge in [0.05, 0.1) is 25.4 Å². The van der Waals surface area contributed by atoms with E-state index in [1.54, 1.807) is 0 Å². The third-order valence-electron chi connectivity index (χ3n) is 3.14. The molecule has 0 aliphatic carbocycles. The molecule has 2 amide bonds. The van der Waals surface area contributed by atoms with Crippen molar-refractivity contribution in [3.05, 3.63) is 18.2 Å². The number of carboxylic acids is 2. The maximum absolute atomic E-state index is 12.2. The van der Waals surface area contributed by atoms with Crippen molar-refractivity contribution in [1.29, 1.82) is 0 Å². The van der Waals surface area contributed by atoms with Crippen LogP contribution in [0.1, 0.15) is 12.1 Å². The molecule has 8 N–H and O–H groups in total. The molecule has 0 spiro atoms. The van der Waals surface area contributed by atoms with Gasteiger partial charge in [-0.3, -0.25) is 14.4 Å². The number of nitrogens with two attached hydrogens (primary N) is 1. The van der Waals surface area contributed by atoms with Crippen LogP contribution < -0.4 is 16.4 Å². The average molecular weight is 357 g/mol. The van der Waals surface area contributed by atoms with Gasteiger partial charge in [0.15, 0.2) is 0 Å². The lowest BCUT2D eigenvalue weighted by Crippen LogP contribution is -2.56. The number of carboxylic acid groups (broad SMARTS) is 2. The van der Waals surface area contributed by atoms with E-state index in [1.807, 2.05) is 0 Å². The summed E-state index contributed by atoms with van der Waals surface area (Å²) in [5.74, 6) is -4.52. The van der Waals surface area contributed by atoms with Crippen molar-refractivity contribution in [2.75, 3.05) is 6.61 Å². The van der Waals surface area contributed by atoms with Crippen molar-refractivity contribution >= 4 is 23.8 Å². The number of hydrogen-bond acceptors (Lipinski definition) is 7. The number of aliphatic hydroxyl groups is 1. The molecular weight excluding hydrogens is 338 g/mol. The number of nitrogens with one attached hydrogen (secondary N) is 3. The molecule has 0 aliphatic heterocycles. The first kappa shape index (κ1) is 20.1. The summed E-state index contributed by atoms with van der Waals surface area (Å²) in [6.45, 7) is -0.843. The Kier molecular flexibility index (Phi) is 7.49. The number of amides is 2. The van der Waals surface area contributed by atoms with Gasteiger partial charge in [-0.2, -0.15) is 0 Å². The van der Waals surface area contributed by atoms with E-state index in [-0.39, 0.29) is 6.42 Å². The maximum Gasteiger partial charge on any atom is 0.328 e. The second-order valence-corrected chi connectivity index (χ2v) is 5.13. The minimum atomic E-state index is -1.55. The van der Waals surface area contributed by atoms with E-state index in [0.717, 1.165) is 0 Å². The lowest BCUT2D eigenvalue weighted by atomic mass is 10.1. The van der Waals surface area contributed by atoms with Crippen LogP contribution in [0.25, 0.3) is 0 Å². The Morgan fingerprint density at radius 1 is 1.16 bits per heavy atom. The molecule has 12 heteroatoms. The van der Waals surface area contributed by atoms with E-state index < -0.39 is 54.9 Å². The zero-order valence-corrected chi connectivity index (χ0v) is 13.0. The Morgan fingerprint density at radius 3 is 2.28 bits per heavy atom. The van der Waals surface area contributed by atoms with Gasteiger partial charge in [-0.05, 0) is 0 Å². The van der Waals surface area contributed by atoms with Crippen molar-refractivity contribution in [2.45, 2.75) is 31.0 Å². The van der Waals surface area contributed by atoms with Crippen LogP contribution in [-0.2, 0) is 25.6 Å². The number of aliphatic carboxylic acids is 2. The van der Waals surface area contributed by atoms with Crippen molar-refractivity contribution in [3.8, 4) is 0 Å². The lowest BCUT2D eigenvalue weighted by molar-refractivity contribution is -0.143. The van der Waals surface area contributed by atoms with Crippen molar-refractivity contribution < 1.29 is 34.5 Å². The highest BCUT2D eigenvalue weighted by molar-refractivity contribution is 5.93. The molecule has 0 bridgehead atoms. The second kappa shape index (κ2) is 9.34. The number of imidazole rings is 1. The molecule has 0 radical (unpaired) electrons. The van der Waals surface area contributed by atoms with Gasteiger partial charge in [-0.1, -0.05) is 0 Å². The molecule has 25 heavy (non-hydrogen) atoms. The Labute approximate surface area is 141 Å². The molecule has 0 fully saturated rings. The first-order valence-electron chi connectivity index (χ1n) is 7.13. The second-order valence-electron chi connectivity index (χ2n) is 5.13. The summed E-state index contributed by atoms with van der Waals surface area (Å²) in [7, 11) is 0. The number of aliphatic hydroxyl groups excluding tert-OH is 1. The van der Waals surface area contributed by atoms with Gasteiger partial charge >= 0.3 is 11.9 Å². The fraction of sp³-hybridized carbons (Fsp3) is 0.462. The smallest absolute Gasteiger partial charge is 0.328 e. The summed E-state index contributed by atoms with van der Waals surface area (Å²) < 4.78 is 0. The summed E-state index contributed by atoms with van der Waals surface area (Å²) in [4.78, 5) is 52.1. The zero-order valence-electron chi connectivity index (χ0n) is 13.0. The van der Waals surface area contributed by atoms with Gasteiger partial charge in [0.25, 0.3) is 0 Å². The molecule has 0 saturated heterocycles. The first-order valence-corrected chi connectivity index (χ1v) is 7.13. The van der Waals surface area contributed by atoms with Crippen LogP contribution in [0.3, 0.4) is 0 Å². The molecule has 3 unspecified atom stereocenters. The molecule has 138 valence electrons. The fourth-order valence-electron chi connectivity index (χ4n) is 1.84. The standard InChI is InChI=1S/C13H19N5O7/c14-7(2-10(20)21)11(22)17-8(1-6-3-15-5-16-6)12(23)18-9(4-19)13(24)25/h3,5,7-9,19H,1-2,4,14H2,(H,15,16)(H,17,22)(H,18,23)(H,20,21)(H,24,25). The number of hydrogen-bond donors (Lipinski definition) is 7. The highest BCUT2D eigenvalue weighted by Gasteiger charge is 2.28. The van der Waals surface area contributed by atoms with Gasteiger partial charge in [0.1, 0.15) is 12.1 Å². The molecule has 1 aromatic rings. The van der Waals surface area contributed by atoms with E-state index in [1.165, 1.54) is 12.5 Å². The SMILES string of the molecule is NC(CC(=O)O)C(=O)NC(Cc1cnc[nH]1)C(=O)NC(CO)C(=O)O. The summed E-state index contributed by atoms with van der Waals surface area (Å²) >= 11 is 0. The van der Waals surface area contributed by atoms with Crippen LogP contribution in [0.5, 0.6) is 0 Å². The van der Waals surface area contributed by atoms with E-state index in [2.05, 4.69) is 20.6 Å². The largest absolute Gasteiger partial charge is 0.481 e. The molecule has 0 saturated carbocycles. The monoisotopic (exact) mass is 357 g/mol. The van der Waals surface area contributed by atoms with Gasteiger partial charge in [-0.25, -0.2) is 9.78 Å². The average Bonchev–Trinajstić information content (AvgIpc) is 3.03. The zero-order chi connectivity index (χ0) is 19.0. The highest BCUT2D eigenvalue weighted by atomic mass is 16.4. The molecule has 0 aliphatic rings. The minimum absolute atomic E-state index is 0.0743. The number of H-pyrrole nitrogens is 1. The summed E-state index contributed by atoms with van der Waals surface area (Å²) in [5, 5.41) is 30.8. The van der Waals surface area contributed by atoms with Crippen LogP contribution in [-0.4, -0.2) is 73.8 Å². The summed E-state index contributed by atoms with van der Waals surface area (Å²) in [6, 6.07) is -4.19. The van der Waals surface area contributed by atoms with Crippen LogP contribution in [0.4, 0.5) is 0 Å². The first-order chi connectivity index (χ1) is 11.7. The van der Waals surface area contributed by atoms with Gasteiger partial charge < -0.3 is 36.7 Å². The Balaban J connectivity index is 2.84. The number of aromatic nitrogens is 2. The van der Waals surface area contributed by atoms with Crippen LogP contribution >= 0.6 is 0 Å². The molecule has 3 atom stereocenters. The summed E-state index contributed by atoms with van der Waals surface area (Å²) in [6.07, 6.45) is 2.02. The Hall–Kier alpha value is -2.99. The molecule has 1 rings (SSSR count). The quantitative estimate of drug-likeness (QED) is 0.224. The molecule has 1 aromatic heterocycles. The van der Waals surface area contributed by atoms with Crippen molar-refractivity contribution in [3.63, 3.8) is 0 Å². The van der Waals surface area contributed by atoms with E-state index >= 15 is 0 Å². The van der Waals surface area contributed by atoms with E-state index in [9.17, 15) is 19.2 Å². The van der Waals surface area contributed by atoms with Gasteiger partial charge in [-0.15, -0.1) is 0 Å². The molecule has 0 aromatic carbocycles. The maximum atomic E-state index is 12.2. The number of nitrogens with zero attached hydrogens (tertiary/aromatic N) is 1. The fourth-order valence-corrected chi connectivity index (χ4v) is 1.84. The van der Waals surface area contributed by atoms with E-state index in [4.69, 9.17) is 21.1 Å². The lowest BCUT2D eigenvalue weighted by Gasteiger charge is -2.21. The third kappa shape index (κ3) is 6.56. The van der Waals surface area contributed by atoms with Gasteiger partial charge in [0.2, 0.25) is 11.8 Å². The van der Waals surface area contributed by atoms with Crippen LogP contribution in [0, 0.1) is 0 Å². The summed E-state index contributed by atoms with van der Waals surface area (Å²) in [5.41, 5.74) is 5.90. The number of carbonyl (C=O) groups is 4. The van der Waals surface area contributed by atoms with Crippen molar-refractivity contribution in [2.24, 2.45) is 5.73 Å². The van der Waals surface area contributed by atoms with Crippen LogP contribution in [0.15, 0.2) is 12.5 Å². The van der Waals surface area contributed by atoms with Gasteiger partial charge in [0, 0.05) is 18.3 Å².